The fourth-order valence-electron chi connectivity index (χ4n) is 4.66. The number of hydrogen-bond acceptors (Lipinski definition) is 6. The summed E-state index contributed by atoms with van der Waals surface area (Å²) in [5.41, 5.74) is 4.10. The highest BCUT2D eigenvalue weighted by atomic mass is 19.1. The number of rotatable bonds is 6. The maximum atomic E-state index is 13.6. The highest BCUT2D eigenvalue weighted by Gasteiger charge is 2.36. The Balaban J connectivity index is 1.44. The first-order chi connectivity index (χ1) is 18.9. The number of aromatic nitrogens is 3. The summed E-state index contributed by atoms with van der Waals surface area (Å²) in [6, 6.07) is 14.9. The van der Waals surface area contributed by atoms with Gasteiger partial charge in [0, 0.05) is 48.4 Å². The van der Waals surface area contributed by atoms with Crippen LogP contribution >= 0.6 is 0 Å². The van der Waals surface area contributed by atoms with E-state index in [0.29, 0.717) is 33.8 Å². The lowest BCUT2D eigenvalue weighted by Crippen LogP contribution is -2.34. The minimum atomic E-state index is -0.388. The van der Waals surface area contributed by atoms with E-state index in [4.69, 9.17) is 4.42 Å². The highest BCUT2D eigenvalue weighted by molar-refractivity contribution is 6.11. The summed E-state index contributed by atoms with van der Waals surface area (Å²) in [7, 11) is 1.54. The van der Waals surface area contributed by atoms with Crippen LogP contribution in [0.5, 0.6) is 0 Å². The topological polar surface area (TPSA) is 101 Å². The molecule has 0 radical (unpaired) electrons. The van der Waals surface area contributed by atoms with Crippen molar-refractivity contribution < 1.29 is 18.4 Å². The molecular weight excluding hydrogens is 497 g/mol. The predicted octanol–water partition coefficient (Wildman–Crippen LogP) is 5.57. The van der Waals surface area contributed by atoms with Crippen molar-refractivity contribution in [3.8, 4) is 22.5 Å². The number of furan rings is 1. The van der Waals surface area contributed by atoms with Crippen LogP contribution in [0.1, 0.15) is 39.1 Å². The van der Waals surface area contributed by atoms with E-state index in [9.17, 15) is 14.0 Å². The Kier molecular flexibility index (Phi) is 6.11. The molecule has 3 heterocycles. The summed E-state index contributed by atoms with van der Waals surface area (Å²) in [4.78, 5) is 41.3. The Morgan fingerprint density at radius 1 is 1.00 bits per heavy atom. The molecule has 0 spiro atoms. The number of amides is 2. The minimum Gasteiger partial charge on any atom is -0.437 e. The molecule has 1 N–H and O–H groups in total. The zero-order valence-electron chi connectivity index (χ0n) is 21.3. The number of carbonyl (C=O) groups is 2. The Morgan fingerprint density at radius 2 is 1.74 bits per heavy atom. The lowest BCUT2D eigenvalue weighted by Gasteiger charge is -2.20. The van der Waals surface area contributed by atoms with Gasteiger partial charge in [-0.3, -0.25) is 14.5 Å². The highest BCUT2D eigenvalue weighted by Crippen LogP contribution is 2.36. The first-order valence-electron chi connectivity index (χ1n) is 12.6. The van der Waals surface area contributed by atoms with Gasteiger partial charge in [-0.05, 0) is 79.4 Å². The van der Waals surface area contributed by atoms with Crippen molar-refractivity contribution in [3.63, 3.8) is 0 Å². The molecule has 2 aromatic carbocycles. The molecule has 0 aliphatic heterocycles. The van der Waals surface area contributed by atoms with Gasteiger partial charge in [-0.1, -0.05) is 6.07 Å². The third kappa shape index (κ3) is 4.52. The van der Waals surface area contributed by atoms with Crippen LogP contribution in [0.4, 0.5) is 10.3 Å². The molecule has 0 saturated heterocycles. The van der Waals surface area contributed by atoms with Crippen molar-refractivity contribution in [2.75, 3.05) is 11.9 Å². The molecule has 0 atom stereocenters. The third-order valence-corrected chi connectivity index (χ3v) is 6.80. The zero-order valence-corrected chi connectivity index (χ0v) is 21.3. The Bertz CT molecular complexity index is 1710. The van der Waals surface area contributed by atoms with Gasteiger partial charge in [0.25, 0.3) is 11.8 Å². The van der Waals surface area contributed by atoms with E-state index in [1.54, 1.807) is 47.8 Å². The smallest absolute Gasteiger partial charge is 0.260 e. The van der Waals surface area contributed by atoms with E-state index < -0.39 is 0 Å². The summed E-state index contributed by atoms with van der Waals surface area (Å²) in [5, 5.41) is 3.17. The lowest BCUT2D eigenvalue weighted by molar-refractivity contribution is 0.0961. The van der Waals surface area contributed by atoms with Crippen molar-refractivity contribution in [1.82, 2.24) is 20.3 Å². The second kappa shape index (κ2) is 9.75. The Hall–Kier alpha value is -4.92. The number of halogens is 1. The van der Waals surface area contributed by atoms with Gasteiger partial charge in [0.2, 0.25) is 11.7 Å². The van der Waals surface area contributed by atoms with Crippen LogP contribution in [0.25, 0.3) is 33.6 Å². The number of fused-ring (bicyclic) bond motifs is 1. The molecular formula is C30H24FN5O3. The SMILES string of the molecule is CNC(=O)c1c(-c2ccc(F)cc2)oc2ncc(-c3cc(C(=O)N(c4ncccn4)C4CC4)ccc3C)cc12. The van der Waals surface area contributed by atoms with Gasteiger partial charge in [0.15, 0.2) is 0 Å². The van der Waals surface area contributed by atoms with Crippen molar-refractivity contribution in [2.24, 2.45) is 0 Å². The number of aryl methyl sites for hydroxylation is 1. The van der Waals surface area contributed by atoms with Crippen molar-refractivity contribution in [3.05, 3.63) is 95.7 Å². The number of anilines is 1. The van der Waals surface area contributed by atoms with Crippen LogP contribution < -0.4 is 10.2 Å². The van der Waals surface area contributed by atoms with Crippen molar-refractivity contribution >= 4 is 28.9 Å². The quantitative estimate of drug-likeness (QED) is 0.314. The summed E-state index contributed by atoms with van der Waals surface area (Å²) in [6.07, 6.45) is 6.72. The van der Waals surface area contributed by atoms with Gasteiger partial charge in [-0.15, -0.1) is 0 Å². The Morgan fingerprint density at radius 3 is 2.44 bits per heavy atom. The first-order valence-corrected chi connectivity index (χ1v) is 12.6. The molecule has 5 aromatic rings. The van der Waals surface area contributed by atoms with E-state index in [1.807, 2.05) is 25.1 Å². The standard InChI is InChI=1S/C30H24FN5O3/c1-17-4-5-19(29(38)36(22-10-11-22)30-33-12-3-13-34-30)14-23(17)20-15-24-25(27(37)32-2)26(39-28(24)35-16-20)18-6-8-21(31)9-7-18/h3-9,12-16,22H,10-11H2,1-2H3,(H,32,37). The monoisotopic (exact) mass is 521 g/mol. The van der Waals surface area contributed by atoms with E-state index in [1.165, 1.54) is 19.2 Å². The number of nitrogens with one attached hydrogen (secondary N) is 1. The largest absolute Gasteiger partial charge is 0.437 e. The number of carbonyl (C=O) groups excluding carboxylic acids is 2. The van der Waals surface area contributed by atoms with Gasteiger partial charge in [0.1, 0.15) is 11.6 Å². The molecule has 194 valence electrons. The second-order valence-corrected chi connectivity index (χ2v) is 9.45. The molecule has 39 heavy (non-hydrogen) atoms. The van der Waals surface area contributed by atoms with Crippen LogP contribution in [0.15, 0.2) is 77.6 Å². The van der Waals surface area contributed by atoms with Crippen LogP contribution in [-0.2, 0) is 0 Å². The van der Waals surface area contributed by atoms with E-state index in [0.717, 1.165) is 29.5 Å². The van der Waals surface area contributed by atoms with Gasteiger partial charge >= 0.3 is 0 Å². The molecule has 8 nitrogen and oxygen atoms in total. The summed E-state index contributed by atoms with van der Waals surface area (Å²) < 4.78 is 19.5. The summed E-state index contributed by atoms with van der Waals surface area (Å²) in [6.45, 7) is 1.95. The van der Waals surface area contributed by atoms with E-state index in [2.05, 4.69) is 20.3 Å². The number of hydrogen-bond donors (Lipinski definition) is 1. The molecule has 1 aliphatic carbocycles. The van der Waals surface area contributed by atoms with Crippen molar-refractivity contribution in [2.45, 2.75) is 25.8 Å². The molecule has 1 saturated carbocycles. The zero-order chi connectivity index (χ0) is 27.1. The maximum absolute atomic E-state index is 13.6. The predicted molar refractivity (Wildman–Crippen MR) is 145 cm³/mol. The van der Waals surface area contributed by atoms with Crippen LogP contribution in [0.3, 0.4) is 0 Å². The molecule has 6 rings (SSSR count). The number of pyridine rings is 1. The molecule has 0 bridgehead atoms. The fourth-order valence-corrected chi connectivity index (χ4v) is 4.66. The summed E-state index contributed by atoms with van der Waals surface area (Å²) in [5.74, 6) is -0.224. The van der Waals surface area contributed by atoms with Crippen LogP contribution in [0.2, 0.25) is 0 Å². The number of nitrogens with zero attached hydrogens (tertiary/aromatic N) is 4. The minimum absolute atomic E-state index is 0.0774. The normalized spacial score (nSPS) is 12.9. The molecule has 1 aliphatic rings. The summed E-state index contributed by atoms with van der Waals surface area (Å²) >= 11 is 0. The molecule has 1 fully saturated rings. The molecule has 2 amide bonds. The molecule has 0 unspecified atom stereocenters. The van der Waals surface area contributed by atoms with Crippen LogP contribution in [0, 0.1) is 12.7 Å². The second-order valence-electron chi connectivity index (χ2n) is 9.45. The van der Waals surface area contributed by atoms with Gasteiger partial charge in [0.05, 0.1) is 10.9 Å². The number of benzene rings is 2. The average molecular weight is 522 g/mol. The van der Waals surface area contributed by atoms with Gasteiger partial charge < -0.3 is 9.73 Å². The fraction of sp³-hybridized carbons (Fsp3) is 0.167. The van der Waals surface area contributed by atoms with Gasteiger partial charge in [-0.2, -0.15) is 0 Å². The lowest BCUT2D eigenvalue weighted by atomic mass is 9.97. The van der Waals surface area contributed by atoms with Crippen LogP contribution in [-0.4, -0.2) is 39.9 Å². The average Bonchev–Trinajstić information content (AvgIpc) is 3.72. The molecule has 9 heteroatoms. The molecule has 3 aromatic heterocycles. The Labute approximate surface area is 223 Å². The third-order valence-electron chi connectivity index (χ3n) is 6.80. The van der Waals surface area contributed by atoms with E-state index in [-0.39, 0.29) is 29.4 Å². The maximum Gasteiger partial charge on any atom is 0.260 e. The van der Waals surface area contributed by atoms with Gasteiger partial charge in [-0.25, -0.2) is 19.3 Å². The first kappa shape index (κ1) is 24.4. The van der Waals surface area contributed by atoms with Crippen molar-refractivity contribution in [1.29, 1.82) is 0 Å². The van der Waals surface area contributed by atoms with E-state index >= 15 is 0 Å².